The van der Waals surface area contributed by atoms with Crippen LogP contribution in [0.3, 0.4) is 0 Å². The van der Waals surface area contributed by atoms with Crippen LogP contribution < -0.4 is 15.8 Å². The summed E-state index contributed by atoms with van der Waals surface area (Å²) in [5.74, 6) is -1.25. The van der Waals surface area contributed by atoms with Gasteiger partial charge in [-0.25, -0.2) is 4.39 Å². The molecule has 1 amide bonds. The molecule has 2 rings (SSSR count). The van der Waals surface area contributed by atoms with Gasteiger partial charge < -0.3 is 20.9 Å². The Morgan fingerprint density at radius 1 is 1.35 bits per heavy atom. The quantitative estimate of drug-likeness (QED) is 0.751. The maximum atomic E-state index is 13.1. The van der Waals surface area contributed by atoms with E-state index in [1.807, 2.05) is 0 Å². The molecule has 6 heteroatoms. The monoisotopic (exact) mass is 276 g/mol. The highest BCUT2D eigenvalue weighted by Crippen LogP contribution is 2.30. The lowest BCUT2D eigenvalue weighted by Gasteiger charge is -2.11. The normalized spacial score (nSPS) is 10.1. The molecule has 20 heavy (non-hydrogen) atoms. The van der Waals surface area contributed by atoms with Gasteiger partial charge in [-0.1, -0.05) is 6.07 Å². The largest absolute Gasteiger partial charge is 0.504 e. The molecular formula is C14H13FN2O3. The molecule has 5 nitrogen and oxygen atoms in total. The highest BCUT2D eigenvalue weighted by Gasteiger charge is 2.16. The minimum atomic E-state index is -0.612. The number of hydrogen-bond donors (Lipinski definition) is 3. The number of carbonyl (C=O) groups excluding carboxylic acids is 1. The number of nitrogen functional groups attached to an aromatic ring is 1. The molecule has 0 unspecified atom stereocenters. The van der Waals surface area contributed by atoms with E-state index in [1.54, 1.807) is 6.07 Å². The third-order valence-electron chi connectivity index (χ3n) is 2.73. The number of rotatable bonds is 3. The molecule has 0 fully saturated rings. The highest BCUT2D eigenvalue weighted by molar-refractivity contribution is 6.07. The number of hydrogen-bond acceptors (Lipinski definition) is 4. The van der Waals surface area contributed by atoms with Crippen molar-refractivity contribution in [1.82, 2.24) is 0 Å². The zero-order valence-corrected chi connectivity index (χ0v) is 10.7. The van der Waals surface area contributed by atoms with Crippen LogP contribution in [0.1, 0.15) is 10.4 Å². The van der Waals surface area contributed by atoms with E-state index < -0.39 is 11.7 Å². The summed E-state index contributed by atoms with van der Waals surface area (Å²) >= 11 is 0. The molecule has 104 valence electrons. The van der Waals surface area contributed by atoms with Crippen molar-refractivity contribution in [3.8, 4) is 11.5 Å². The number of benzene rings is 2. The number of nitrogens with one attached hydrogen (secondary N) is 1. The summed E-state index contributed by atoms with van der Waals surface area (Å²) in [7, 11) is 1.38. The van der Waals surface area contributed by atoms with Gasteiger partial charge in [-0.15, -0.1) is 0 Å². The molecule has 0 radical (unpaired) electrons. The van der Waals surface area contributed by atoms with Crippen molar-refractivity contribution in [3.05, 3.63) is 47.8 Å². The third-order valence-corrected chi connectivity index (χ3v) is 2.73. The van der Waals surface area contributed by atoms with E-state index in [4.69, 9.17) is 10.5 Å². The first-order valence-electron chi connectivity index (χ1n) is 5.75. The van der Waals surface area contributed by atoms with Crippen LogP contribution in [0.5, 0.6) is 11.5 Å². The molecule has 0 spiro atoms. The van der Waals surface area contributed by atoms with Crippen LogP contribution >= 0.6 is 0 Å². The van der Waals surface area contributed by atoms with E-state index in [9.17, 15) is 14.3 Å². The molecular weight excluding hydrogens is 263 g/mol. The van der Waals surface area contributed by atoms with Gasteiger partial charge in [0.1, 0.15) is 5.82 Å². The second kappa shape index (κ2) is 5.48. The van der Waals surface area contributed by atoms with E-state index in [1.165, 1.54) is 31.4 Å². The third kappa shape index (κ3) is 2.64. The molecule has 0 aromatic heterocycles. The highest BCUT2D eigenvalue weighted by atomic mass is 19.1. The van der Waals surface area contributed by atoms with Crippen LogP contribution in [0.2, 0.25) is 0 Å². The number of anilines is 2. The number of amides is 1. The fraction of sp³-hybridized carbons (Fsp3) is 0.0714. The second-order valence-electron chi connectivity index (χ2n) is 4.04. The van der Waals surface area contributed by atoms with Crippen molar-refractivity contribution in [3.63, 3.8) is 0 Å². The fourth-order valence-electron chi connectivity index (χ4n) is 1.70. The molecule has 4 N–H and O–H groups in total. The van der Waals surface area contributed by atoms with E-state index in [0.717, 1.165) is 6.07 Å². The molecule has 0 heterocycles. The predicted octanol–water partition coefficient (Wildman–Crippen LogP) is 2.37. The smallest absolute Gasteiger partial charge is 0.259 e. The fourth-order valence-corrected chi connectivity index (χ4v) is 1.70. The minimum absolute atomic E-state index is 0.00742. The Labute approximate surface area is 114 Å². The number of carbonyl (C=O) groups is 1. The van der Waals surface area contributed by atoms with Crippen molar-refractivity contribution < 1.29 is 19.0 Å². The van der Waals surface area contributed by atoms with Crippen molar-refractivity contribution >= 4 is 17.3 Å². The van der Waals surface area contributed by atoms with Crippen molar-refractivity contribution in [2.45, 2.75) is 0 Å². The van der Waals surface area contributed by atoms with E-state index in [0.29, 0.717) is 0 Å². The van der Waals surface area contributed by atoms with Gasteiger partial charge in [-0.05, 0) is 30.3 Å². The molecule has 0 atom stereocenters. The summed E-state index contributed by atoms with van der Waals surface area (Å²) in [6, 6.07) is 8.13. The Bertz CT molecular complexity index is 659. The number of halogens is 1. The van der Waals surface area contributed by atoms with Gasteiger partial charge in [0.2, 0.25) is 0 Å². The first-order chi connectivity index (χ1) is 9.52. The number of para-hydroxylation sites is 1. The van der Waals surface area contributed by atoms with Gasteiger partial charge in [0, 0.05) is 0 Å². The van der Waals surface area contributed by atoms with Crippen LogP contribution in [-0.2, 0) is 0 Å². The first kappa shape index (κ1) is 13.7. The summed E-state index contributed by atoms with van der Waals surface area (Å²) in [5, 5.41) is 12.3. The van der Waals surface area contributed by atoms with Crippen LogP contribution in [0, 0.1) is 5.82 Å². The Morgan fingerprint density at radius 3 is 2.80 bits per heavy atom. The summed E-state index contributed by atoms with van der Waals surface area (Å²) in [6.45, 7) is 0. The van der Waals surface area contributed by atoms with E-state index in [-0.39, 0.29) is 28.4 Å². The maximum absolute atomic E-state index is 13.1. The Hall–Kier alpha value is -2.76. The summed E-state index contributed by atoms with van der Waals surface area (Å²) < 4.78 is 18.0. The molecule has 2 aromatic carbocycles. The van der Waals surface area contributed by atoms with Crippen LogP contribution in [0.25, 0.3) is 0 Å². The number of nitrogens with two attached hydrogens (primary N) is 1. The second-order valence-corrected chi connectivity index (χ2v) is 4.04. The molecule has 0 saturated heterocycles. The Morgan fingerprint density at radius 2 is 2.10 bits per heavy atom. The summed E-state index contributed by atoms with van der Waals surface area (Å²) in [5.41, 5.74) is 6.01. The van der Waals surface area contributed by atoms with Gasteiger partial charge in [-0.3, -0.25) is 4.79 Å². The van der Waals surface area contributed by atoms with E-state index in [2.05, 4.69) is 5.32 Å². The number of phenols is 1. The summed E-state index contributed by atoms with van der Waals surface area (Å²) in [6.07, 6.45) is 0. The van der Waals surface area contributed by atoms with Gasteiger partial charge >= 0.3 is 0 Å². The first-order valence-corrected chi connectivity index (χ1v) is 5.75. The van der Waals surface area contributed by atoms with Gasteiger partial charge in [0.05, 0.1) is 24.0 Å². The maximum Gasteiger partial charge on any atom is 0.259 e. The van der Waals surface area contributed by atoms with Crippen molar-refractivity contribution in [2.75, 3.05) is 18.2 Å². The molecule has 0 aliphatic rings. The van der Waals surface area contributed by atoms with Gasteiger partial charge in [0.25, 0.3) is 5.91 Å². The number of aromatic hydroxyl groups is 1. The average Bonchev–Trinajstić information content (AvgIpc) is 2.43. The molecule has 0 saturated carbocycles. The predicted molar refractivity (Wildman–Crippen MR) is 73.4 cm³/mol. The zero-order valence-electron chi connectivity index (χ0n) is 10.7. The van der Waals surface area contributed by atoms with Crippen molar-refractivity contribution in [2.24, 2.45) is 0 Å². The molecule has 2 aromatic rings. The number of methoxy groups -OCH3 is 1. The van der Waals surface area contributed by atoms with Crippen LogP contribution in [-0.4, -0.2) is 18.1 Å². The number of phenolic OH excluding ortho intramolecular Hbond substituents is 1. The van der Waals surface area contributed by atoms with Gasteiger partial charge in [0.15, 0.2) is 11.5 Å². The average molecular weight is 276 g/mol. The summed E-state index contributed by atoms with van der Waals surface area (Å²) in [4.78, 5) is 12.1. The zero-order chi connectivity index (χ0) is 14.7. The molecule has 0 aliphatic heterocycles. The Balaban J connectivity index is 2.31. The molecule has 0 bridgehead atoms. The lowest BCUT2D eigenvalue weighted by atomic mass is 10.1. The van der Waals surface area contributed by atoms with Gasteiger partial charge in [-0.2, -0.15) is 0 Å². The standard InChI is InChI=1S/C14H13FN2O3/c1-20-12-4-2-3-9(13(12)18)14(19)17-11-7-8(15)5-6-10(11)16/h2-7,18H,16H2,1H3,(H,17,19). The van der Waals surface area contributed by atoms with Crippen LogP contribution in [0.4, 0.5) is 15.8 Å². The van der Waals surface area contributed by atoms with Crippen LogP contribution in [0.15, 0.2) is 36.4 Å². The minimum Gasteiger partial charge on any atom is -0.504 e. The Kier molecular flexibility index (Phi) is 3.74. The lowest BCUT2D eigenvalue weighted by molar-refractivity contribution is 0.102. The molecule has 0 aliphatic carbocycles. The van der Waals surface area contributed by atoms with Crippen molar-refractivity contribution in [1.29, 1.82) is 0 Å². The SMILES string of the molecule is COc1cccc(C(=O)Nc2cc(F)ccc2N)c1O. The number of ether oxygens (including phenoxy) is 1. The topological polar surface area (TPSA) is 84.6 Å². The lowest BCUT2D eigenvalue weighted by Crippen LogP contribution is -2.13. The van der Waals surface area contributed by atoms with E-state index >= 15 is 0 Å².